The van der Waals surface area contributed by atoms with Crippen LogP contribution in [0.25, 0.3) is 0 Å². The summed E-state index contributed by atoms with van der Waals surface area (Å²) in [6.45, 7) is 0. The van der Waals surface area contributed by atoms with Gasteiger partial charge in [0.1, 0.15) is 5.82 Å². The summed E-state index contributed by atoms with van der Waals surface area (Å²) in [4.78, 5) is 0. The topological polar surface area (TPSA) is 12.0 Å². The van der Waals surface area contributed by atoms with Crippen LogP contribution in [0.3, 0.4) is 0 Å². The van der Waals surface area contributed by atoms with Crippen LogP contribution >= 0.6 is 0 Å². The van der Waals surface area contributed by atoms with Crippen molar-refractivity contribution in [3.8, 4) is 0 Å². The summed E-state index contributed by atoms with van der Waals surface area (Å²) < 4.78 is 13.2. The molecule has 64 valence electrons. The van der Waals surface area contributed by atoms with Crippen molar-refractivity contribution >= 4 is 0 Å². The monoisotopic (exact) mass is 165 g/mol. The van der Waals surface area contributed by atoms with Gasteiger partial charge in [0, 0.05) is 12.0 Å². The zero-order valence-corrected chi connectivity index (χ0v) is 7.05. The molecule has 1 aliphatic carbocycles. The fourth-order valence-corrected chi connectivity index (χ4v) is 1.63. The first-order valence-corrected chi connectivity index (χ1v) is 4.24. The van der Waals surface area contributed by atoms with E-state index in [0.717, 1.165) is 12.0 Å². The standard InChI is InChI=1S/C10H12FN/c1-12-10-6-8(10)7-4-2-3-5-9(7)11/h2-5,8,10,12H,6H2,1H3/t8-,10+/m0/s1. The lowest BCUT2D eigenvalue weighted by atomic mass is 10.1. The van der Waals surface area contributed by atoms with E-state index in [1.165, 1.54) is 6.07 Å². The minimum atomic E-state index is -0.0692. The Morgan fingerprint density at radius 1 is 1.42 bits per heavy atom. The number of benzene rings is 1. The van der Waals surface area contributed by atoms with Gasteiger partial charge in [-0.05, 0) is 25.1 Å². The van der Waals surface area contributed by atoms with Gasteiger partial charge in [0.05, 0.1) is 0 Å². The fourth-order valence-electron chi connectivity index (χ4n) is 1.63. The largest absolute Gasteiger partial charge is 0.316 e. The molecular formula is C10H12FN. The van der Waals surface area contributed by atoms with Gasteiger partial charge in [-0.15, -0.1) is 0 Å². The van der Waals surface area contributed by atoms with Gasteiger partial charge in [-0.25, -0.2) is 4.39 Å². The molecule has 0 bridgehead atoms. The second-order valence-electron chi connectivity index (χ2n) is 3.26. The molecule has 1 saturated carbocycles. The molecule has 0 spiro atoms. The molecule has 0 aliphatic heterocycles. The fraction of sp³-hybridized carbons (Fsp3) is 0.400. The van der Waals surface area contributed by atoms with Crippen LogP contribution < -0.4 is 5.32 Å². The second kappa shape index (κ2) is 2.87. The molecule has 1 aliphatic rings. The molecule has 0 unspecified atom stereocenters. The molecule has 1 nitrogen and oxygen atoms in total. The Morgan fingerprint density at radius 2 is 2.17 bits per heavy atom. The lowest BCUT2D eigenvalue weighted by Gasteiger charge is -2.00. The molecule has 2 heteroatoms. The highest BCUT2D eigenvalue weighted by molar-refractivity contribution is 5.29. The predicted molar refractivity (Wildman–Crippen MR) is 46.6 cm³/mol. The molecule has 1 N–H and O–H groups in total. The van der Waals surface area contributed by atoms with E-state index in [0.29, 0.717) is 12.0 Å². The van der Waals surface area contributed by atoms with Crippen molar-refractivity contribution in [2.45, 2.75) is 18.4 Å². The van der Waals surface area contributed by atoms with Crippen molar-refractivity contribution in [3.63, 3.8) is 0 Å². The Balaban J connectivity index is 2.19. The van der Waals surface area contributed by atoms with Crippen LogP contribution in [-0.2, 0) is 0 Å². The average Bonchev–Trinajstić information content (AvgIpc) is 2.84. The lowest BCUT2D eigenvalue weighted by molar-refractivity contribution is 0.606. The van der Waals surface area contributed by atoms with Crippen LogP contribution in [0.5, 0.6) is 0 Å². The Morgan fingerprint density at radius 3 is 2.75 bits per heavy atom. The average molecular weight is 165 g/mol. The third-order valence-corrected chi connectivity index (χ3v) is 2.47. The highest BCUT2D eigenvalue weighted by atomic mass is 19.1. The molecule has 1 aromatic carbocycles. The zero-order chi connectivity index (χ0) is 8.55. The summed E-state index contributed by atoms with van der Waals surface area (Å²) in [6.07, 6.45) is 1.07. The minimum absolute atomic E-state index is 0.0692. The van der Waals surface area contributed by atoms with Gasteiger partial charge < -0.3 is 5.32 Å². The van der Waals surface area contributed by atoms with Gasteiger partial charge in [-0.2, -0.15) is 0 Å². The number of nitrogens with one attached hydrogen (secondary N) is 1. The van der Waals surface area contributed by atoms with Crippen molar-refractivity contribution < 1.29 is 4.39 Å². The summed E-state index contributed by atoms with van der Waals surface area (Å²) in [6, 6.07) is 7.51. The Labute approximate surface area is 71.6 Å². The van der Waals surface area contributed by atoms with E-state index in [2.05, 4.69) is 5.32 Å². The smallest absolute Gasteiger partial charge is 0.126 e. The van der Waals surface area contributed by atoms with Crippen LogP contribution in [0, 0.1) is 5.82 Å². The van der Waals surface area contributed by atoms with Crippen molar-refractivity contribution in [2.24, 2.45) is 0 Å². The maximum Gasteiger partial charge on any atom is 0.126 e. The van der Waals surface area contributed by atoms with Crippen LogP contribution in [0.1, 0.15) is 17.9 Å². The van der Waals surface area contributed by atoms with E-state index in [-0.39, 0.29) is 5.82 Å². The van der Waals surface area contributed by atoms with Crippen LogP contribution in [0.15, 0.2) is 24.3 Å². The first-order chi connectivity index (χ1) is 5.83. The first-order valence-electron chi connectivity index (χ1n) is 4.24. The molecule has 2 atom stereocenters. The maximum absolute atomic E-state index is 13.2. The van der Waals surface area contributed by atoms with Crippen molar-refractivity contribution in [3.05, 3.63) is 35.6 Å². The quantitative estimate of drug-likeness (QED) is 0.705. The zero-order valence-electron chi connectivity index (χ0n) is 7.05. The SMILES string of the molecule is CN[C@@H]1C[C@H]1c1ccccc1F. The number of likely N-dealkylation sites (N-methyl/N-ethyl adjacent to an activating group) is 1. The highest BCUT2D eigenvalue weighted by Gasteiger charge is 2.38. The van der Waals surface area contributed by atoms with Gasteiger partial charge in [-0.1, -0.05) is 18.2 Å². The molecule has 1 aromatic rings. The summed E-state index contributed by atoms with van der Waals surface area (Å²) in [5.74, 6) is 0.330. The van der Waals surface area contributed by atoms with E-state index in [1.54, 1.807) is 6.07 Å². The van der Waals surface area contributed by atoms with Gasteiger partial charge in [-0.3, -0.25) is 0 Å². The molecule has 0 amide bonds. The van der Waals surface area contributed by atoms with E-state index in [1.807, 2.05) is 19.2 Å². The molecule has 2 rings (SSSR count). The normalized spacial score (nSPS) is 27.2. The van der Waals surface area contributed by atoms with Gasteiger partial charge >= 0.3 is 0 Å². The van der Waals surface area contributed by atoms with E-state index in [4.69, 9.17) is 0 Å². The number of halogens is 1. The molecule has 0 saturated heterocycles. The number of hydrogen-bond acceptors (Lipinski definition) is 1. The Hall–Kier alpha value is -0.890. The molecule has 0 heterocycles. The van der Waals surface area contributed by atoms with E-state index >= 15 is 0 Å². The third kappa shape index (κ3) is 1.23. The van der Waals surface area contributed by atoms with Crippen molar-refractivity contribution in [1.82, 2.24) is 5.32 Å². The van der Waals surface area contributed by atoms with Crippen molar-refractivity contribution in [1.29, 1.82) is 0 Å². The Bertz CT molecular complexity index is 285. The highest BCUT2D eigenvalue weighted by Crippen LogP contribution is 2.41. The summed E-state index contributed by atoms with van der Waals surface area (Å²) >= 11 is 0. The lowest BCUT2D eigenvalue weighted by Crippen LogP contribution is -2.10. The predicted octanol–water partition coefficient (Wildman–Crippen LogP) is 1.90. The third-order valence-electron chi connectivity index (χ3n) is 2.47. The van der Waals surface area contributed by atoms with E-state index in [9.17, 15) is 4.39 Å². The first kappa shape index (κ1) is 7.74. The van der Waals surface area contributed by atoms with Gasteiger partial charge in [0.15, 0.2) is 0 Å². The molecule has 0 radical (unpaired) electrons. The summed E-state index contributed by atoms with van der Waals surface area (Å²) in [7, 11) is 1.92. The summed E-state index contributed by atoms with van der Waals surface area (Å²) in [5, 5.41) is 3.15. The van der Waals surface area contributed by atoms with Gasteiger partial charge in [0.25, 0.3) is 0 Å². The Kier molecular flexibility index (Phi) is 1.85. The number of rotatable bonds is 2. The van der Waals surface area contributed by atoms with Gasteiger partial charge in [0.2, 0.25) is 0 Å². The number of hydrogen-bond donors (Lipinski definition) is 1. The molecular weight excluding hydrogens is 153 g/mol. The summed E-state index contributed by atoms with van der Waals surface area (Å²) in [5.41, 5.74) is 0.858. The maximum atomic E-state index is 13.2. The van der Waals surface area contributed by atoms with Crippen molar-refractivity contribution in [2.75, 3.05) is 7.05 Å². The minimum Gasteiger partial charge on any atom is -0.316 e. The van der Waals surface area contributed by atoms with Crippen LogP contribution in [0.2, 0.25) is 0 Å². The molecule has 0 aromatic heterocycles. The molecule has 1 fully saturated rings. The molecule has 12 heavy (non-hydrogen) atoms. The van der Waals surface area contributed by atoms with E-state index < -0.39 is 0 Å². The van der Waals surface area contributed by atoms with Crippen LogP contribution in [0.4, 0.5) is 4.39 Å². The second-order valence-corrected chi connectivity index (χ2v) is 3.26. The van der Waals surface area contributed by atoms with Crippen LogP contribution in [-0.4, -0.2) is 13.1 Å².